The first-order chi connectivity index (χ1) is 8.76. The van der Waals surface area contributed by atoms with Crippen molar-refractivity contribution in [2.75, 3.05) is 14.2 Å². The molecule has 18 heavy (non-hydrogen) atoms. The summed E-state index contributed by atoms with van der Waals surface area (Å²) in [6.45, 7) is 0. The number of nitrogens with zero attached hydrogens (tertiary/aromatic N) is 2. The molecule has 5 heteroatoms. The van der Waals surface area contributed by atoms with Crippen LogP contribution in [0, 0.1) is 0 Å². The molecule has 1 aromatic carbocycles. The molecule has 0 fully saturated rings. The van der Waals surface area contributed by atoms with Gasteiger partial charge in [0.2, 0.25) is 0 Å². The number of ether oxygens (including phenoxy) is 2. The molecular formula is C13H15N3O2. The van der Waals surface area contributed by atoms with Crippen molar-refractivity contribution >= 4 is 0 Å². The number of benzene rings is 1. The minimum atomic E-state index is -0.377. The molecular weight excluding hydrogens is 230 g/mol. The highest BCUT2D eigenvalue weighted by atomic mass is 16.5. The number of nitrogens with two attached hydrogens (primary N) is 1. The van der Waals surface area contributed by atoms with Gasteiger partial charge in [-0.2, -0.15) is 0 Å². The van der Waals surface area contributed by atoms with Gasteiger partial charge in [0.1, 0.15) is 17.8 Å². The zero-order valence-electron chi connectivity index (χ0n) is 10.3. The van der Waals surface area contributed by atoms with Crippen LogP contribution in [-0.2, 0) is 0 Å². The fraction of sp³-hybridized carbons (Fsp3) is 0.231. The van der Waals surface area contributed by atoms with E-state index in [1.54, 1.807) is 26.5 Å². The summed E-state index contributed by atoms with van der Waals surface area (Å²) in [6.07, 6.45) is 3.14. The zero-order valence-corrected chi connectivity index (χ0v) is 10.3. The van der Waals surface area contributed by atoms with Crippen LogP contribution in [0.15, 0.2) is 36.8 Å². The SMILES string of the molecule is COc1ccc(OC)c(C(N)c2ccncn2)c1. The maximum absolute atomic E-state index is 6.19. The van der Waals surface area contributed by atoms with Crippen LogP contribution >= 0.6 is 0 Å². The second-order valence-corrected chi connectivity index (χ2v) is 3.72. The summed E-state index contributed by atoms with van der Waals surface area (Å²) in [6, 6.07) is 6.91. The first-order valence-electron chi connectivity index (χ1n) is 5.49. The van der Waals surface area contributed by atoms with Gasteiger partial charge < -0.3 is 15.2 Å². The fourth-order valence-corrected chi connectivity index (χ4v) is 1.73. The van der Waals surface area contributed by atoms with Gasteiger partial charge in [-0.25, -0.2) is 9.97 Å². The van der Waals surface area contributed by atoms with Crippen molar-refractivity contribution in [3.63, 3.8) is 0 Å². The van der Waals surface area contributed by atoms with Gasteiger partial charge in [-0.1, -0.05) is 0 Å². The van der Waals surface area contributed by atoms with Crippen LogP contribution in [0.3, 0.4) is 0 Å². The van der Waals surface area contributed by atoms with Gasteiger partial charge in [-0.3, -0.25) is 0 Å². The van der Waals surface area contributed by atoms with Crippen LogP contribution in [0.4, 0.5) is 0 Å². The van der Waals surface area contributed by atoms with E-state index < -0.39 is 0 Å². The molecule has 0 saturated heterocycles. The van der Waals surface area contributed by atoms with Crippen molar-refractivity contribution in [1.82, 2.24) is 9.97 Å². The summed E-state index contributed by atoms with van der Waals surface area (Å²) in [4.78, 5) is 8.03. The number of rotatable bonds is 4. The average molecular weight is 245 g/mol. The quantitative estimate of drug-likeness (QED) is 0.884. The normalized spacial score (nSPS) is 11.9. The third-order valence-electron chi connectivity index (χ3n) is 2.70. The molecule has 1 atom stereocenters. The topological polar surface area (TPSA) is 70.3 Å². The third-order valence-corrected chi connectivity index (χ3v) is 2.70. The van der Waals surface area contributed by atoms with E-state index in [1.165, 1.54) is 6.33 Å². The Kier molecular flexibility index (Phi) is 3.74. The zero-order chi connectivity index (χ0) is 13.0. The maximum atomic E-state index is 6.19. The summed E-state index contributed by atoms with van der Waals surface area (Å²) < 4.78 is 10.5. The average Bonchev–Trinajstić information content (AvgIpc) is 2.46. The Morgan fingerprint density at radius 3 is 2.61 bits per heavy atom. The molecule has 2 rings (SSSR count). The predicted molar refractivity (Wildman–Crippen MR) is 67.6 cm³/mol. The lowest BCUT2D eigenvalue weighted by atomic mass is 10.0. The van der Waals surface area contributed by atoms with E-state index in [0.717, 1.165) is 17.0 Å². The molecule has 0 aliphatic heterocycles. The minimum absolute atomic E-state index is 0.377. The van der Waals surface area contributed by atoms with Gasteiger partial charge in [0.15, 0.2) is 0 Å². The summed E-state index contributed by atoms with van der Waals surface area (Å²) >= 11 is 0. The van der Waals surface area contributed by atoms with E-state index in [0.29, 0.717) is 5.75 Å². The lowest BCUT2D eigenvalue weighted by Gasteiger charge is -2.16. The Morgan fingerprint density at radius 2 is 2.00 bits per heavy atom. The van der Waals surface area contributed by atoms with Gasteiger partial charge in [-0.05, 0) is 24.3 Å². The van der Waals surface area contributed by atoms with Crippen LogP contribution in [-0.4, -0.2) is 24.2 Å². The monoisotopic (exact) mass is 245 g/mol. The van der Waals surface area contributed by atoms with Gasteiger partial charge in [-0.15, -0.1) is 0 Å². The predicted octanol–water partition coefficient (Wildman–Crippen LogP) is 1.54. The van der Waals surface area contributed by atoms with Crippen LogP contribution in [0.2, 0.25) is 0 Å². The van der Waals surface area contributed by atoms with Crippen LogP contribution in [0.25, 0.3) is 0 Å². The molecule has 0 aliphatic carbocycles. The van der Waals surface area contributed by atoms with E-state index in [2.05, 4.69) is 9.97 Å². The molecule has 2 aromatic rings. The van der Waals surface area contributed by atoms with Crippen LogP contribution < -0.4 is 15.2 Å². The summed E-state index contributed by atoms with van der Waals surface area (Å²) in [5.74, 6) is 1.44. The Labute approximate surface area is 106 Å². The van der Waals surface area contributed by atoms with E-state index in [-0.39, 0.29) is 6.04 Å². The lowest BCUT2D eigenvalue weighted by Crippen LogP contribution is -2.14. The van der Waals surface area contributed by atoms with E-state index in [1.807, 2.05) is 18.2 Å². The Bertz CT molecular complexity index is 517. The Morgan fingerprint density at radius 1 is 1.17 bits per heavy atom. The standard InChI is InChI=1S/C13H15N3O2/c1-17-9-3-4-12(18-2)10(7-9)13(14)11-5-6-15-8-16-11/h3-8,13H,14H2,1-2H3. The number of hydrogen-bond acceptors (Lipinski definition) is 5. The van der Waals surface area contributed by atoms with Crippen molar-refractivity contribution in [1.29, 1.82) is 0 Å². The molecule has 0 amide bonds. The minimum Gasteiger partial charge on any atom is -0.497 e. The molecule has 0 bridgehead atoms. The second kappa shape index (κ2) is 5.46. The molecule has 0 saturated carbocycles. The Hall–Kier alpha value is -2.14. The molecule has 0 spiro atoms. The van der Waals surface area contributed by atoms with Gasteiger partial charge >= 0.3 is 0 Å². The smallest absolute Gasteiger partial charge is 0.124 e. The highest BCUT2D eigenvalue weighted by Crippen LogP contribution is 2.30. The largest absolute Gasteiger partial charge is 0.497 e. The highest BCUT2D eigenvalue weighted by Gasteiger charge is 2.16. The molecule has 5 nitrogen and oxygen atoms in total. The first-order valence-corrected chi connectivity index (χ1v) is 5.49. The highest BCUT2D eigenvalue weighted by molar-refractivity contribution is 5.44. The molecule has 2 N–H and O–H groups in total. The number of methoxy groups -OCH3 is 2. The molecule has 0 radical (unpaired) electrons. The van der Waals surface area contributed by atoms with E-state index in [4.69, 9.17) is 15.2 Å². The Balaban J connectivity index is 2.42. The molecule has 0 aliphatic rings. The number of hydrogen-bond donors (Lipinski definition) is 1. The lowest BCUT2D eigenvalue weighted by molar-refractivity contribution is 0.397. The van der Waals surface area contributed by atoms with Crippen LogP contribution in [0.5, 0.6) is 11.5 Å². The third kappa shape index (κ3) is 2.41. The second-order valence-electron chi connectivity index (χ2n) is 3.72. The number of aromatic nitrogens is 2. The van der Waals surface area contributed by atoms with Gasteiger partial charge in [0, 0.05) is 11.8 Å². The molecule has 1 aromatic heterocycles. The van der Waals surface area contributed by atoms with Crippen molar-refractivity contribution in [2.45, 2.75) is 6.04 Å². The molecule has 94 valence electrons. The van der Waals surface area contributed by atoms with E-state index in [9.17, 15) is 0 Å². The summed E-state index contributed by atoms with van der Waals surface area (Å²) in [7, 11) is 3.22. The summed E-state index contributed by atoms with van der Waals surface area (Å²) in [5, 5.41) is 0. The van der Waals surface area contributed by atoms with Crippen molar-refractivity contribution in [2.24, 2.45) is 5.73 Å². The fourth-order valence-electron chi connectivity index (χ4n) is 1.73. The first kappa shape index (κ1) is 12.3. The van der Waals surface area contributed by atoms with Crippen molar-refractivity contribution in [3.05, 3.63) is 48.0 Å². The molecule has 1 unspecified atom stereocenters. The van der Waals surface area contributed by atoms with Gasteiger partial charge in [0.05, 0.1) is 26.0 Å². The summed E-state index contributed by atoms with van der Waals surface area (Å²) in [5.41, 5.74) is 7.75. The van der Waals surface area contributed by atoms with Gasteiger partial charge in [0.25, 0.3) is 0 Å². The van der Waals surface area contributed by atoms with Crippen molar-refractivity contribution in [3.8, 4) is 11.5 Å². The van der Waals surface area contributed by atoms with Crippen LogP contribution in [0.1, 0.15) is 17.3 Å². The van der Waals surface area contributed by atoms with E-state index >= 15 is 0 Å². The van der Waals surface area contributed by atoms with Crippen molar-refractivity contribution < 1.29 is 9.47 Å². The molecule has 1 heterocycles. The maximum Gasteiger partial charge on any atom is 0.124 e.